The summed E-state index contributed by atoms with van der Waals surface area (Å²) in [6.07, 6.45) is 4.40. The van der Waals surface area contributed by atoms with Crippen molar-refractivity contribution in [1.82, 2.24) is 25.1 Å². The molecule has 0 saturated carbocycles. The average molecular weight is 537 g/mol. The second-order valence-corrected chi connectivity index (χ2v) is 11.3. The Hall–Kier alpha value is -3.87. The Kier molecular flexibility index (Phi) is 7.36. The van der Waals surface area contributed by atoms with E-state index in [0.29, 0.717) is 47.8 Å². The van der Waals surface area contributed by atoms with Gasteiger partial charge < -0.3 is 14.8 Å². The Balaban J connectivity index is 1.44. The number of carbonyl (C=O) groups is 1. The monoisotopic (exact) mass is 536 g/mol. The molecule has 198 valence electrons. The van der Waals surface area contributed by atoms with Gasteiger partial charge in [-0.15, -0.1) is 0 Å². The van der Waals surface area contributed by atoms with Crippen LogP contribution in [0.15, 0.2) is 48.8 Å². The number of ether oxygens (including phenoxy) is 2. The van der Waals surface area contributed by atoms with E-state index in [1.54, 1.807) is 30.6 Å². The molecule has 2 N–H and O–H groups in total. The molecule has 1 saturated heterocycles. The van der Waals surface area contributed by atoms with Gasteiger partial charge in [0.05, 0.1) is 49.2 Å². The van der Waals surface area contributed by atoms with Crippen LogP contribution in [0, 0.1) is 0 Å². The van der Waals surface area contributed by atoms with Crippen LogP contribution in [0.5, 0.6) is 5.88 Å². The fourth-order valence-corrected chi connectivity index (χ4v) is 5.19. The number of benzene rings is 1. The van der Waals surface area contributed by atoms with Gasteiger partial charge in [-0.1, -0.05) is 6.07 Å². The van der Waals surface area contributed by atoms with Crippen molar-refractivity contribution in [2.45, 2.75) is 12.3 Å². The normalized spacial score (nSPS) is 14.5. The molecule has 0 spiro atoms. The van der Waals surface area contributed by atoms with Crippen LogP contribution in [0.3, 0.4) is 0 Å². The number of rotatable bonds is 8. The van der Waals surface area contributed by atoms with Crippen molar-refractivity contribution in [3.8, 4) is 17.0 Å². The summed E-state index contributed by atoms with van der Waals surface area (Å²) >= 11 is 0. The number of hydrogen-bond acceptors (Lipinski definition) is 9. The molecule has 4 aromatic rings. The first-order chi connectivity index (χ1) is 18.3. The maximum absolute atomic E-state index is 13.2. The number of anilines is 1. The van der Waals surface area contributed by atoms with Crippen molar-refractivity contribution in [3.63, 3.8) is 0 Å². The summed E-state index contributed by atoms with van der Waals surface area (Å²) in [5.74, 6) is -0.309. The fourth-order valence-electron chi connectivity index (χ4n) is 4.42. The molecule has 4 heterocycles. The number of sulfone groups is 1. The standard InChI is InChI=1S/C26H28N6O5S/c1-36-26-19(16-38(2,34)35)10-18(13-27-26)17-11-23(21-14-28-31-24(21)12-17)30-25(33)22-5-3-4-20(29-22)15-32-6-8-37-9-7-32/h3-5,10-14H,6-9,15-16H2,1-2H3,(H,28,31)(H,30,33). The predicted octanol–water partition coefficient (Wildman–Crippen LogP) is 2.66. The van der Waals surface area contributed by atoms with E-state index in [-0.39, 0.29) is 17.5 Å². The molecule has 0 atom stereocenters. The quantitative estimate of drug-likeness (QED) is 0.348. The van der Waals surface area contributed by atoms with Crippen molar-refractivity contribution in [2.24, 2.45) is 0 Å². The Morgan fingerprint density at radius 3 is 2.74 bits per heavy atom. The lowest BCUT2D eigenvalue weighted by Crippen LogP contribution is -2.36. The maximum atomic E-state index is 13.2. The van der Waals surface area contributed by atoms with E-state index in [1.165, 1.54) is 7.11 Å². The van der Waals surface area contributed by atoms with Crippen LogP contribution in [-0.2, 0) is 26.9 Å². The molecule has 0 bridgehead atoms. The number of amides is 1. The SMILES string of the molecule is COc1ncc(-c2cc(NC(=O)c3cccc(CN4CCOCC4)n3)c3cn[nH]c3c2)cc1CS(C)(=O)=O. The molecule has 1 fully saturated rings. The Labute approximate surface area is 220 Å². The number of pyridine rings is 2. The number of aromatic nitrogens is 4. The van der Waals surface area contributed by atoms with E-state index in [1.807, 2.05) is 18.2 Å². The topological polar surface area (TPSA) is 139 Å². The molecule has 5 rings (SSSR count). The van der Waals surface area contributed by atoms with Crippen LogP contribution >= 0.6 is 0 Å². The fraction of sp³-hybridized carbons (Fsp3) is 0.308. The molecule has 0 radical (unpaired) electrons. The second-order valence-electron chi connectivity index (χ2n) is 9.17. The number of hydrogen-bond donors (Lipinski definition) is 2. The first kappa shape index (κ1) is 25.8. The molecule has 0 unspecified atom stereocenters. The van der Waals surface area contributed by atoms with Gasteiger partial charge in [-0.3, -0.25) is 14.8 Å². The first-order valence-electron chi connectivity index (χ1n) is 12.0. The van der Waals surface area contributed by atoms with Crippen LogP contribution in [0.1, 0.15) is 21.7 Å². The summed E-state index contributed by atoms with van der Waals surface area (Å²) in [7, 11) is -1.87. The highest BCUT2D eigenvalue weighted by Gasteiger charge is 2.17. The van der Waals surface area contributed by atoms with Crippen molar-refractivity contribution >= 4 is 32.3 Å². The van der Waals surface area contributed by atoms with E-state index >= 15 is 0 Å². The molecular weight excluding hydrogens is 508 g/mol. The molecule has 12 heteroatoms. The number of nitrogens with one attached hydrogen (secondary N) is 2. The highest BCUT2D eigenvalue weighted by atomic mass is 32.2. The molecule has 0 aliphatic carbocycles. The third kappa shape index (κ3) is 5.98. The molecule has 11 nitrogen and oxygen atoms in total. The van der Waals surface area contributed by atoms with Crippen LogP contribution in [0.25, 0.3) is 22.0 Å². The number of nitrogens with zero attached hydrogens (tertiary/aromatic N) is 4. The first-order valence-corrected chi connectivity index (χ1v) is 14.1. The van der Waals surface area contributed by atoms with Crippen LogP contribution in [0.2, 0.25) is 0 Å². The Morgan fingerprint density at radius 2 is 1.97 bits per heavy atom. The van der Waals surface area contributed by atoms with Crippen molar-refractivity contribution < 1.29 is 22.7 Å². The summed E-state index contributed by atoms with van der Waals surface area (Å²) in [6, 6.07) is 10.8. The third-order valence-electron chi connectivity index (χ3n) is 6.21. The summed E-state index contributed by atoms with van der Waals surface area (Å²) in [4.78, 5) is 24.4. The van der Waals surface area contributed by atoms with Crippen LogP contribution in [-0.4, -0.2) is 79.1 Å². The van der Waals surface area contributed by atoms with E-state index in [2.05, 4.69) is 30.4 Å². The molecule has 3 aromatic heterocycles. The highest BCUT2D eigenvalue weighted by molar-refractivity contribution is 7.89. The van der Waals surface area contributed by atoms with Crippen LogP contribution in [0.4, 0.5) is 5.69 Å². The predicted molar refractivity (Wildman–Crippen MR) is 143 cm³/mol. The van der Waals surface area contributed by atoms with E-state index < -0.39 is 9.84 Å². The van der Waals surface area contributed by atoms with Gasteiger partial charge in [0, 0.05) is 48.6 Å². The minimum atomic E-state index is -3.31. The van der Waals surface area contributed by atoms with Gasteiger partial charge in [-0.25, -0.2) is 18.4 Å². The molecule has 38 heavy (non-hydrogen) atoms. The second kappa shape index (κ2) is 10.9. The van der Waals surface area contributed by atoms with Gasteiger partial charge in [-0.05, 0) is 35.9 Å². The summed E-state index contributed by atoms with van der Waals surface area (Å²) < 4.78 is 34.6. The zero-order valence-corrected chi connectivity index (χ0v) is 21.9. The molecular formula is C26H28N6O5S. The number of aromatic amines is 1. The minimum Gasteiger partial charge on any atom is -0.481 e. The lowest BCUT2D eigenvalue weighted by Gasteiger charge is -2.26. The van der Waals surface area contributed by atoms with Gasteiger partial charge in [-0.2, -0.15) is 5.10 Å². The zero-order chi connectivity index (χ0) is 26.7. The van der Waals surface area contributed by atoms with Crippen LogP contribution < -0.4 is 10.1 Å². The van der Waals surface area contributed by atoms with Crippen molar-refractivity contribution in [3.05, 3.63) is 65.7 Å². The molecule has 1 aliphatic heterocycles. The number of fused-ring (bicyclic) bond motifs is 1. The molecule has 1 aliphatic rings. The number of carbonyl (C=O) groups excluding carboxylic acids is 1. The molecule has 1 amide bonds. The van der Waals surface area contributed by atoms with E-state index in [0.717, 1.165) is 36.0 Å². The zero-order valence-electron chi connectivity index (χ0n) is 21.1. The van der Waals surface area contributed by atoms with E-state index in [9.17, 15) is 13.2 Å². The smallest absolute Gasteiger partial charge is 0.274 e. The third-order valence-corrected chi connectivity index (χ3v) is 7.04. The Morgan fingerprint density at radius 1 is 1.16 bits per heavy atom. The summed E-state index contributed by atoms with van der Waals surface area (Å²) in [5, 5.41) is 10.8. The van der Waals surface area contributed by atoms with Gasteiger partial charge in [0.2, 0.25) is 5.88 Å². The Bertz CT molecular complexity index is 1580. The van der Waals surface area contributed by atoms with Gasteiger partial charge in [0.15, 0.2) is 9.84 Å². The van der Waals surface area contributed by atoms with E-state index in [4.69, 9.17) is 9.47 Å². The highest BCUT2D eigenvalue weighted by Crippen LogP contribution is 2.32. The van der Waals surface area contributed by atoms with Crippen molar-refractivity contribution in [1.29, 1.82) is 0 Å². The van der Waals surface area contributed by atoms with Gasteiger partial charge in [0.1, 0.15) is 5.69 Å². The minimum absolute atomic E-state index is 0.209. The van der Waals surface area contributed by atoms with Gasteiger partial charge in [0.25, 0.3) is 5.91 Å². The maximum Gasteiger partial charge on any atom is 0.274 e. The lowest BCUT2D eigenvalue weighted by atomic mass is 10.0. The number of morpholine rings is 1. The van der Waals surface area contributed by atoms with Crippen molar-refractivity contribution in [2.75, 3.05) is 45.0 Å². The number of H-pyrrole nitrogens is 1. The average Bonchev–Trinajstić information content (AvgIpc) is 3.38. The summed E-state index contributed by atoms with van der Waals surface area (Å²) in [6.45, 7) is 3.69. The van der Waals surface area contributed by atoms with Gasteiger partial charge >= 0.3 is 0 Å². The lowest BCUT2D eigenvalue weighted by molar-refractivity contribution is 0.0336. The summed E-state index contributed by atoms with van der Waals surface area (Å²) in [5.41, 5.74) is 4.19. The number of methoxy groups -OCH3 is 1. The molecule has 1 aromatic carbocycles. The largest absolute Gasteiger partial charge is 0.481 e.